The quantitative estimate of drug-likeness (QED) is 0.769. The molecule has 0 radical (unpaired) electrons. The molecule has 1 nitrogen and oxygen atoms in total. The van der Waals surface area contributed by atoms with Crippen LogP contribution in [-0.2, 0) is 0 Å². The van der Waals surface area contributed by atoms with Gasteiger partial charge < -0.3 is 5.73 Å². The molecule has 2 rings (SSSR count). The predicted octanol–water partition coefficient (Wildman–Crippen LogP) is 4.46. The number of nitrogens with two attached hydrogens (primary N) is 1. The van der Waals surface area contributed by atoms with E-state index in [0.29, 0.717) is 0 Å². The molecule has 0 heterocycles. The van der Waals surface area contributed by atoms with Gasteiger partial charge in [-0.3, -0.25) is 0 Å². The zero-order chi connectivity index (χ0) is 10.8. The van der Waals surface area contributed by atoms with E-state index in [2.05, 4.69) is 44.0 Å². The van der Waals surface area contributed by atoms with E-state index in [1.54, 1.807) is 0 Å². The van der Waals surface area contributed by atoms with E-state index < -0.39 is 0 Å². The topological polar surface area (TPSA) is 26.0 Å². The number of benzene rings is 2. The van der Waals surface area contributed by atoms with E-state index in [4.69, 9.17) is 5.73 Å². The Morgan fingerprint density at radius 1 is 0.867 bits per heavy atom. The fourth-order valence-electron chi connectivity index (χ4n) is 1.47. The van der Waals surface area contributed by atoms with Crippen LogP contribution in [0.1, 0.15) is 0 Å². The highest BCUT2D eigenvalue weighted by Crippen LogP contribution is 2.36. The minimum absolute atomic E-state index is 0.744. The first-order valence-electron chi connectivity index (χ1n) is 4.48. The predicted molar refractivity (Wildman–Crippen MR) is 71.7 cm³/mol. The van der Waals surface area contributed by atoms with Crippen LogP contribution in [0.15, 0.2) is 51.4 Å². The third-order valence-electron chi connectivity index (χ3n) is 2.13. The average Bonchev–Trinajstić information content (AvgIpc) is 2.17. The second-order valence-electron chi connectivity index (χ2n) is 3.23. The fourth-order valence-corrected chi connectivity index (χ4v) is 3.15. The van der Waals surface area contributed by atoms with E-state index in [1.165, 1.54) is 0 Å². The first-order chi connectivity index (χ1) is 7.18. The maximum atomic E-state index is 5.75. The molecule has 76 valence electrons. The molecule has 0 saturated heterocycles. The molecule has 0 fully saturated rings. The number of nitrogen functional groups attached to an aromatic ring is 1. The lowest BCUT2D eigenvalue weighted by Gasteiger charge is -2.08. The Balaban J connectivity index is 2.64. The SMILES string of the molecule is Nc1cc(Br)c(-c2ccccc2)c(Br)c1. The molecule has 3 heteroatoms. The summed E-state index contributed by atoms with van der Waals surface area (Å²) < 4.78 is 2.00. The van der Waals surface area contributed by atoms with Crippen LogP contribution in [0.4, 0.5) is 5.69 Å². The van der Waals surface area contributed by atoms with Crippen LogP contribution in [0.5, 0.6) is 0 Å². The number of halogens is 2. The summed E-state index contributed by atoms with van der Waals surface area (Å²) in [6.07, 6.45) is 0. The highest BCUT2D eigenvalue weighted by molar-refractivity contribution is 9.11. The van der Waals surface area contributed by atoms with Gasteiger partial charge in [0.05, 0.1) is 0 Å². The van der Waals surface area contributed by atoms with Gasteiger partial charge in [0.1, 0.15) is 0 Å². The maximum Gasteiger partial charge on any atom is 0.0337 e. The lowest BCUT2D eigenvalue weighted by molar-refractivity contribution is 1.55. The van der Waals surface area contributed by atoms with E-state index >= 15 is 0 Å². The van der Waals surface area contributed by atoms with Gasteiger partial charge in [0, 0.05) is 20.2 Å². The minimum Gasteiger partial charge on any atom is -0.399 e. The summed E-state index contributed by atoms with van der Waals surface area (Å²) in [5, 5.41) is 0. The molecule has 0 atom stereocenters. The van der Waals surface area contributed by atoms with Crippen LogP contribution in [0, 0.1) is 0 Å². The Morgan fingerprint density at radius 2 is 1.40 bits per heavy atom. The van der Waals surface area contributed by atoms with Crippen LogP contribution in [-0.4, -0.2) is 0 Å². The van der Waals surface area contributed by atoms with Gasteiger partial charge in [-0.25, -0.2) is 0 Å². The summed E-state index contributed by atoms with van der Waals surface area (Å²) in [7, 11) is 0. The van der Waals surface area contributed by atoms with Crippen molar-refractivity contribution in [2.75, 3.05) is 5.73 Å². The van der Waals surface area contributed by atoms with E-state index in [-0.39, 0.29) is 0 Å². The van der Waals surface area contributed by atoms with Gasteiger partial charge in [0.15, 0.2) is 0 Å². The van der Waals surface area contributed by atoms with Crippen LogP contribution >= 0.6 is 31.9 Å². The van der Waals surface area contributed by atoms with E-state index in [1.807, 2.05) is 30.3 Å². The largest absolute Gasteiger partial charge is 0.399 e. The van der Waals surface area contributed by atoms with Gasteiger partial charge >= 0.3 is 0 Å². The van der Waals surface area contributed by atoms with E-state index in [9.17, 15) is 0 Å². The van der Waals surface area contributed by atoms with Crippen molar-refractivity contribution in [1.82, 2.24) is 0 Å². The maximum absolute atomic E-state index is 5.75. The highest BCUT2D eigenvalue weighted by atomic mass is 79.9. The minimum atomic E-state index is 0.744. The number of hydrogen-bond donors (Lipinski definition) is 1. The third kappa shape index (κ3) is 2.24. The molecule has 0 unspecified atom stereocenters. The molecule has 0 bridgehead atoms. The van der Waals surface area contributed by atoms with Gasteiger partial charge in [0.25, 0.3) is 0 Å². The number of hydrogen-bond acceptors (Lipinski definition) is 1. The molecule has 0 aliphatic heterocycles. The molecule has 0 amide bonds. The van der Waals surface area contributed by atoms with Gasteiger partial charge in [-0.05, 0) is 17.7 Å². The molecule has 2 aromatic carbocycles. The molecular weight excluding hydrogens is 318 g/mol. The van der Waals surface area contributed by atoms with Crippen molar-refractivity contribution in [3.8, 4) is 11.1 Å². The van der Waals surface area contributed by atoms with E-state index in [0.717, 1.165) is 25.8 Å². The summed E-state index contributed by atoms with van der Waals surface area (Å²) in [5.74, 6) is 0. The van der Waals surface area contributed by atoms with Crippen molar-refractivity contribution >= 4 is 37.5 Å². The van der Waals surface area contributed by atoms with Gasteiger partial charge in [0.2, 0.25) is 0 Å². The van der Waals surface area contributed by atoms with Gasteiger partial charge in [-0.2, -0.15) is 0 Å². The Bertz CT molecular complexity index is 457. The van der Waals surface area contributed by atoms with Crippen molar-refractivity contribution in [2.24, 2.45) is 0 Å². The Labute approximate surface area is 106 Å². The summed E-state index contributed by atoms with van der Waals surface area (Å²) in [5.41, 5.74) is 8.78. The van der Waals surface area contributed by atoms with Gasteiger partial charge in [-0.1, -0.05) is 62.2 Å². The molecule has 0 spiro atoms. The van der Waals surface area contributed by atoms with Crippen molar-refractivity contribution in [2.45, 2.75) is 0 Å². The lowest BCUT2D eigenvalue weighted by Crippen LogP contribution is -1.88. The molecule has 0 aliphatic carbocycles. The molecule has 2 N–H and O–H groups in total. The van der Waals surface area contributed by atoms with Crippen LogP contribution < -0.4 is 5.73 Å². The van der Waals surface area contributed by atoms with Gasteiger partial charge in [-0.15, -0.1) is 0 Å². The summed E-state index contributed by atoms with van der Waals surface area (Å²) in [6.45, 7) is 0. The average molecular weight is 327 g/mol. The summed E-state index contributed by atoms with van der Waals surface area (Å²) in [4.78, 5) is 0. The molecule has 2 aromatic rings. The zero-order valence-corrected chi connectivity index (χ0v) is 11.0. The molecule has 0 aliphatic rings. The third-order valence-corrected chi connectivity index (χ3v) is 3.38. The normalized spacial score (nSPS) is 10.3. The second kappa shape index (κ2) is 4.37. The number of anilines is 1. The Hall–Kier alpha value is -0.800. The molecule has 0 saturated carbocycles. The lowest BCUT2D eigenvalue weighted by atomic mass is 10.1. The second-order valence-corrected chi connectivity index (χ2v) is 4.93. The van der Waals surface area contributed by atoms with Crippen LogP contribution in [0.25, 0.3) is 11.1 Å². The fraction of sp³-hybridized carbons (Fsp3) is 0. The molecular formula is C12H9Br2N. The van der Waals surface area contributed by atoms with Crippen molar-refractivity contribution < 1.29 is 0 Å². The van der Waals surface area contributed by atoms with Crippen LogP contribution in [0.2, 0.25) is 0 Å². The Kier molecular flexibility index (Phi) is 3.12. The first kappa shape index (κ1) is 10.7. The first-order valence-corrected chi connectivity index (χ1v) is 6.07. The number of rotatable bonds is 1. The smallest absolute Gasteiger partial charge is 0.0337 e. The monoisotopic (exact) mass is 325 g/mol. The summed E-state index contributed by atoms with van der Waals surface area (Å²) in [6, 6.07) is 14.0. The molecule has 15 heavy (non-hydrogen) atoms. The zero-order valence-electron chi connectivity index (χ0n) is 7.87. The standard InChI is InChI=1S/C12H9Br2N/c13-10-6-9(15)7-11(14)12(10)8-4-2-1-3-5-8/h1-7H,15H2. The molecule has 0 aromatic heterocycles. The van der Waals surface area contributed by atoms with Crippen molar-refractivity contribution in [3.05, 3.63) is 51.4 Å². The van der Waals surface area contributed by atoms with Crippen molar-refractivity contribution in [3.63, 3.8) is 0 Å². The van der Waals surface area contributed by atoms with Crippen LogP contribution in [0.3, 0.4) is 0 Å². The summed E-state index contributed by atoms with van der Waals surface area (Å²) >= 11 is 7.05. The Morgan fingerprint density at radius 3 is 1.93 bits per heavy atom. The van der Waals surface area contributed by atoms with Crippen molar-refractivity contribution in [1.29, 1.82) is 0 Å². The highest BCUT2D eigenvalue weighted by Gasteiger charge is 2.08.